The van der Waals surface area contributed by atoms with Gasteiger partial charge in [0.1, 0.15) is 0 Å². The highest BCUT2D eigenvalue weighted by Gasteiger charge is 2.07. The summed E-state index contributed by atoms with van der Waals surface area (Å²) < 4.78 is 0. The van der Waals surface area contributed by atoms with Crippen LogP contribution in [0, 0.1) is 0 Å². The standard InChI is InChI=1S/C5H11N3O/c1-2-3-4(6)5(9)8-7/h2,4H,1,3,6-7H2,(H,8,9). The van der Waals surface area contributed by atoms with E-state index in [0.717, 1.165) is 0 Å². The monoisotopic (exact) mass is 129 g/mol. The van der Waals surface area contributed by atoms with Crippen molar-refractivity contribution < 1.29 is 4.79 Å². The molecule has 0 aromatic carbocycles. The Morgan fingerprint density at radius 3 is 2.78 bits per heavy atom. The predicted molar refractivity (Wildman–Crippen MR) is 35.1 cm³/mol. The van der Waals surface area contributed by atoms with Gasteiger partial charge in [0.2, 0.25) is 0 Å². The Labute approximate surface area is 53.9 Å². The molecule has 0 rings (SSSR count). The third-order valence-electron chi connectivity index (χ3n) is 0.900. The van der Waals surface area contributed by atoms with Gasteiger partial charge >= 0.3 is 0 Å². The van der Waals surface area contributed by atoms with Crippen molar-refractivity contribution in [3.63, 3.8) is 0 Å². The minimum Gasteiger partial charge on any atom is -0.320 e. The van der Waals surface area contributed by atoms with Crippen molar-refractivity contribution in [2.45, 2.75) is 12.5 Å². The summed E-state index contributed by atoms with van der Waals surface area (Å²) in [6.07, 6.45) is 2.02. The van der Waals surface area contributed by atoms with Crippen LogP contribution in [0.4, 0.5) is 0 Å². The quantitative estimate of drug-likeness (QED) is 0.195. The fourth-order valence-corrected chi connectivity index (χ4v) is 0.394. The van der Waals surface area contributed by atoms with Crippen LogP contribution in [0.1, 0.15) is 6.42 Å². The summed E-state index contributed by atoms with van der Waals surface area (Å²) in [5.74, 6) is 4.42. The molecule has 5 N–H and O–H groups in total. The van der Waals surface area contributed by atoms with Crippen molar-refractivity contribution in [2.75, 3.05) is 0 Å². The fourth-order valence-electron chi connectivity index (χ4n) is 0.394. The Morgan fingerprint density at radius 1 is 1.89 bits per heavy atom. The molecular weight excluding hydrogens is 118 g/mol. The number of hydrazine groups is 1. The zero-order valence-corrected chi connectivity index (χ0v) is 5.13. The Morgan fingerprint density at radius 2 is 2.44 bits per heavy atom. The van der Waals surface area contributed by atoms with Crippen LogP contribution in [0.2, 0.25) is 0 Å². The van der Waals surface area contributed by atoms with E-state index in [9.17, 15) is 4.79 Å². The first kappa shape index (κ1) is 8.13. The lowest BCUT2D eigenvalue weighted by atomic mass is 10.2. The average molecular weight is 129 g/mol. The molecule has 4 heteroatoms. The second kappa shape index (κ2) is 4.05. The molecule has 0 aromatic heterocycles. The van der Waals surface area contributed by atoms with E-state index >= 15 is 0 Å². The van der Waals surface area contributed by atoms with Gasteiger partial charge in [-0.05, 0) is 6.42 Å². The number of nitrogens with one attached hydrogen (secondary N) is 1. The molecule has 0 saturated heterocycles. The van der Waals surface area contributed by atoms with E-state index in [1.165, 1.54) is 0 Å². The molecule has 0 spiro atoms. The van der Waals surface area contributed by atoms with Crippen LogP contribution in [-0.4, -0.2) is 11.9 Å². The molecule has 4 nitrogen and oxygen atoms in total. The van der Waals surface area contributed by atoms with Gasteiger partial charge in [-0.2, -0.15) is 0 Å². The van der Waals surface area contributed by atoms with Crippen LogP contribution in [0.5, 0.6) is 0 Å². The maximum atomic E-state index is 10.5. The molecule has 0 fully saturated rings. The fraction of sp³-hybridized carbons (Fsp3) is 0.400. The van der Waals surface area contributed by atoms with Crippen molar-refractivity contribution in [1.29, 1.82) is 0 Å². The Hall–Kier alpha value is -0.870. The first-order valence-electron chi connectivity index (χ1n) is 2.59. The van der Waals surface area contributed by atoms with Crippen LogP contribution in [-0.2, 0) is 4.79 Å². The Bertz CT molecular complexity index is 113. The van der Waals surface area contributed by atoms with E-state index in [1.54, 1.807) is 6.08 Å². The molecule has 0 saturated carbocycles. The summed E-state index contributed by atoms with van der Waals surface area (Å²) in [5, 5.41) is 0. The Kier molecular flexibility index (Phi) is 3.66. The van der Waals surface area contributed by atoms with Crippen molar-refractivity contribution >= 4 is 5.91 Å². The molecule has 52 valence electrons. The summed E-state index contributed by atoms with van der Waals surface area (Å²) in [5.41, 5.74) is 7.21. The molecular formula is C5H11N3O. The molecule has 0 aliphatic heterocycles. The maximum absolute atomic E-state index is 10.5. The number of nitrogens with two attached hydrogens (primary N) is 2. The Balaban J connectivity index is 3.58. The smallest absolute Gasteiger partial charge is 0.251 e. The van der Waals surface area contributed by atoms with Crippen molar-refractivity contribution in [1.82, 2.24) is 5.43 Å². The van der Waals surface area contributed by atoms with E-state index in [-0.39, 0.29) is 5.91 Å². The first-order valence-corrected chi connectivity index (χ1v) is 2.59. The van der Waals surface area contributed by atoms with Crippen LogP contribution in [0.25, 0.3) is 0 Å². The highest BCUT2D eigenvalue weighted by atomic mass is 16.2. The number of amides is 1. The van der Waals surface area contributed by atoms with Gasteiger partial charge in [-0.3, -0.25) is 10.2 Å². The zero-order chi connectivity index (χ0) is 7.28. The number of hydrogen-bond donors (Lipinski definition) is 3. The van der Waals surface area contributed by atoms with Crippen LogP contribution in [0.3, 0.4) is 0 Å². The molecule has 1 atom stereocenters. The lowest BCUT2D eigenvalue weighted by Gasteiger charge is -2.04. The minimum absolute atomic E-state index is 0.366. The topological polar surface area (TPSA) is 81.1 Å². The number of carbonyl (C=O) groups is 1. The van der Waals surface area contributed by atoms with Gasteiger partial charge in [0, 0.05) is 0 Å². The van der Waals surface area contributed by atoms with Crippen LogP contribution in [0.15, 0.2) is 12.7 Å². The summed E-state index contributed by atoms with van der Waals surface area (Å²) in [6, 6.07) is -0.563. The molecule has 9 heavy (non-hydrogen) atoms. The largest absolute Gasteiger partial charge is 0.320 e. The van der Waals surface area contributed by atoms with E-state index in [1.807, 2.05) is 5.43 Å². The number of rotatable bonds is 3. The molecule has 0 bridgehead atoms. The molecule has 1 unspecified atom stereocenters. The maximum Gasteiger partial charge on any atom is 0.251 e. The second-order valence-electron chi connectivity index (χ2n) is 1.64. The minimum atomic E-state index is -0.563. The van der Waals surface area contributed by atoms with E-state index in [0.29, 0.717) is 6.42 Å². The highest BCUT2D eigenvalue weighted by molar-refractivity contribution is 5.80. The second-order valence-corrected chi connectivity index (χ2v) is 1.64. The van der Waals surface area contributed by atoms with Gasteiger partial charge < -0.3 is 5.73 Å². The predicted octanol–water partition coefficient (Wildman–Crippen LogP) is -1.12. The highest BCUT2D eigenvalue weighted by Crippen LogP contribution is 1.85. The van der Waals surface area contributed by atoms with Crippen molar-refractivity contribution in [3.8, 4) is 0 Å². The molecule has 0 heterocycles. The molecule has 0 aliphatic carbocycles. The average Bonchev–Trinajstić information content (AvgIpc) is 1.87. The number of hydrogen-bond acceptors (Lipinski definition) is 3. The lowest BCUT2D eigenvalue weighted by Crippen LogP contribution is -2.43. The molecule has 1 amide bonds. The van der Waals surface area contributed by atoms with Gasteiger partial charge in [-0.15, -0.1) is 6.58 Å². The van der Waals surface area contributed by atoms with E-state index < -0.39 is 6.04 Å². The van der Waals surface area contributed by atoms with E-state index in [2.05, 4.69) is 6.58 Å². The third-order valence-corrected chi connectivity index (χ3v) is 0.900. The van der Waals surface area contributed by atoms with Crippen LogP contribution >= 0.6 is 0 Å². The zero-order valence-electron chi connectivity index (χ0n) is 5.13. The first-order chi connectivity index (χ1) is 4.22. The summed E-state index contributed by atoms with van der Waals surface area (Å²) in [6.45, 7) is 3.42. The van der Waals surface area contributed by atoms with Crippen molar-refractivity contribution in [2.24, 2.45) is 11.6 Å². The van der Waals surface area contributed by atoms with Crippen LogP contribution < -0.4 is 17.0 Å². The van der Waals surface area contributed by atoms with Crippen molar-refractivity contribution in [3.05, 3.63) is 12.7 Å². The van der Waals surface area contributed by atoms with Gasteiger partial charge in [0.05, 0.1) is 6.04 Å². The molecule has 0 radical (unpaired) electrons. The third kappa shape index (κ3) is 2.84. The SMILES string of the molecule is C=CCC(N)C(=O)NN. The summed E-state index contributed by atoms with van der Waals surface area (Å²) in [7, 11) is 0. The van der Waals surface area contributed by atoms with Gasteiger partial charge in [-0.25, -0.2) is 5.84 Å². The van der Waals surface area contributed by atoms with Gasteiger partial charge in [-0.1, -0.05) is 6.08 Å². The van der Waals surface area contributed by atoms with E-state index in [4.69, 9.17) is 11.6 Å². The normalized spacial score (nSPS) is 12.2. The lowest BCUT2D eigenvalue weighted by molar-refractivity contribution is -0.122. The molecule has 0 aliphatic rings. The molecule has 0 aromatic rings. The summed E-state index contributed by atoms with van der Waals surface area (Å²) in [4.78, 5) is 10.5. The summed E-state index contributed by atoms with van der Waals surface area (Å²) >= 11 is 0. The van der Waals surface area contributed by atoms with Gasteiger partial charge in [0.15, 0.2) is 0 Å². The van der Waals surface area contributed by atoms with Gasteiger partial charge in [0.25, 0.3) is 5.91 Å². The number of carbonyl (C=O) groups excluding carboxylic acids is 1.